The van der Waals surface area contributed by atoms with Crippen molar-refractivity contribution in [2.75, 3.05) is 23.3 Å². The molecule has 2 heterocycles. The summed E-state index contributed by atoms with van der Waals surface area (Å²) >= 11 is 5.71. The van der Waals surface area contributed by atoms with E-state index in [1.54, 1.807) is 11.0 Å². The average Bonchev–Trinajstić information content (AvgIpc) is 3.06. The maximum absolute atomic E-state index is 11.5. The van der Waals surface area contributed by atoms with Gasteiger partial charge in [0.2, 0.25) is 0 Å². The quantitative estimate of drug-likeness (QED) is 0.910. The first kappa shape index (κ1) is 12.9. The van der Waals surface area contributed by atoms with Crippen LogP contribution in [0, 0.1) is 0 Å². The molecule has 1 aromatic heterocycles. The third-order valence-corrected chi connectivity index (χ3v) is 3.33. The lowest BCUT2D eigenvalue weighted by Crippen LogP contribution is -2.27. The molecular weight excluding hydrogens is 278 g/mol. The van der Waals surface area contributed by atoms with Crippen LogP contribution in [0.1, 0.15) is 5.76 Å². The van der Waals surface area contributed by atoms with Gasteiger partial charge in [-0.15, -0.1) is 0 Å². The number of anilines is 2. The minimum Gasteiger partial charge on any atom is -0.448 e. The van der Waals surface area contributed by atoms with Gasteiger partial charge in [0.25, 0.3) is 0 Å². The second kappa shape index (κ2) is 5.46. The molecule has 104 valence electrons. The third kappa shape index (κ3) is 2.72. The topological polar surface area (TPSA) is 57.5 Å². The second-order valence-electron chi connectivity index (χ2n) is 4.49. The highest BCUT2D eigenvalue weighted by molar-refractivity contribution is 6.28. The number of furan rings is 1. The van der Waals surface area contributed by atoms with Crippen LogP contribution in [-0.4, -0.2) is 19.1 Å². The van der Waals surface area contributed by atoms with Crippen LogP contribution in [0.4, 0.5) is 16.2 Å². The van der Waals surface area contributed by atoms with E-state index in [1.165, 1.54) is 0 Å². The predicted octanol–water partition coefficient (Wildman–Crippen LogP) is 3.07. The van der Waals surface area contributed by atoms with Gasteiger partial charge in [-0.2, -0.15) is 0 Å². The highest BCUT2D eigenvalue weighted by Crippen LogP contribution is 2.20. The summed E-state index contributed by atoms with van der Waals surface area (Å²) in [5.74, 6) is 0.776. The summed E-state index contributed by atoms with van der Waals surface area (Å²) in [5, 5.41) is 6.40. The lowest BCUT2D eigenvalue weighted by Gasteiger charge is -2.14. The SMILES string of the molecule is O=C1NCCN1c1ccc(NCc2ccc(Cl)o2)cc1. The first-order valence-electron chi connectivity index (χ1n) is 6.36. The molecule has 0 bridgehead atoms. The Balaban J connectivity index is 1.62. The molecule has 1 aromatic carbocycles. The van der Waals surface area contributed by atoms with Gasteiger partial charge in [-0.1, -0.05) is 0 Å². The lowest BCUT2D eigenvalue weighted by molar-refractivity contribution is 0.252. The molecule has 1 aliphatic rings. The zero-order valence-electron chi connectivity index (χ0n) is 10.7. The molecule has 2 aromatic rings. The summed E-state index contributed by atoms with van der Waals surface area (Å²) in [6.45, 7) is 1.96. The molecule has 6 heteroatoms. The van der Waals surface area contributed by atoms with Crippen LogP contribution in [0.15, 0.2) is 40.8 Å². The Hall–Kier alpha value is -2.14. The third-order valence-electron chi connectivity index (χ3n) is 3.13. The first-order chi connectivity index (χ1) is 9.72. The van der Waals surface area contributed by atoms with Crippen molar-refractivity contribution in [3.63, 3.8) is 0 Å². The normalized spacial score (nSPS) is 14.4. The van der Waals surface area contributed by atoms with E-state index in [1.807, 2.05) is 30.3 Å². The zero-order valence-corrected chi connectivity index (χ0v) is 11.5. The van der Waals surface area contributed by atoms with Crippen molar-refractivity contribution in [2.45, 2.75) is 6.54 Å². The van der Waals surface area contributed by atoms with Crippen molar-refractivity contribution in [3.8, 4) is 0 Å². The van der Waals surface area contributed by atoms with Gasteiger partial charge in [0, 0.05) is 24.5 Å². The minimum atomic E-state index is -0.0454. The number of nitrogens with zero attached hydrogens (tertiary/aromatic N) is 1. The summed E-state index contributed by atoms with van der Waals surface area (Å²) in [4.78, 5) is 13.3. The fraction of sp³-hybridized carbons (Fsp3) is 0.214. The summed E-state index contributed by atoms with van der Waals surface area (Å²) in [5.41, 5.74) is 1.85. The number of nitrogens with one attached hydrogen (secondary N) is 2. The molecule has 0 saturated carbocycles. The van der Waals surface area contributed by atoms with Gasteiger partial charge < -0.3 is 15.1 Å². The number of carbonyl (C=O) groups is 1. The average molecular weight is 292 g/mol. The number of amides is 2. The maximum Gasteiger partial charge on any atom is 0.321 e. The Morgan fingerprint density at radius 2 is 2.05 bits per heavy atom. The van der Waals surface area contributed by atoms with Crippen LogP contribution in [0.25, 0.3) is 0 Å². The van der Waals surface area contributed by atoms with Crippen LogP contribution in [0.2, 0.25) is 5.22 Å². The van der Waals surface area contributed by atoms with Crippen molar-refractivity contribution in [3.05, 3.63) is 47.4 Å². The molecule has 1 fully saturated rings. The number of carbonyl (C=O) groups excluding carboxylic acids is 1. The monoisotopic (exact) mass is 291 g/mol. The number of rotatable bonds is 4. The van der Waals surface area contributed by atoms with Crippen LogP contribution in [0.5, 0.6) is 0 Å². The predicted molar refractivity (Wildman–Crippen MR) is 78.2 cm³/mol. The molecule has 0 unspecified atom stereocenters. The highest BCUT2D eigenvalue weighted by Gasteiger charge is 2.20. The van der Waals surface area contributed by atoms with Crippen LogP contribution < -0.4 is 15.5 Å². The Morgan fingerprint density at radius 1 is 1.25 bits per heavy atom. The molecule has 0 atom stereocenters. The van der Waals surface area contributed by atoms with Crippen molar-refractivity contribution >= 4 is 29.0 Å². The van der Waals surface area contributed by atoms with E-state index in [2.05, 4.69) is 10.6 Å². The van der Waals surface area contributed by atoms with Gasteiger partial charge in [0.15, 0.2) is 5.22 Å². The van der Waals surface area contributed by atoms with Gasteiger partial charge in [-0.3, -0.25) is 4.90 Å². The number of halogens is 1. The number of urea groups is 1. The largest absolute Gasteiger partial charge is 0.448 e. The number of benzene rings is 1. The van der Waals surface area contributed by atoms with Crippen LogP contribution in [0.3, 0.4) is 0 Å². The Morgan fingerprint density at radius 3 is 2.65 bits per heavy atom. The summed E-state index contributed by atoms with van der Waals surface area (Å²) < 4.78 is 5.27. The zero-order chi connectivity index (χ0) is 13.9. The summed E-state index contributed by atoms with van der Waals surface area (Å²) in [6, 6.07) is 11.2. The molecule has 0 aliphatic carbocycles. The molecule has 0 spiro atoms. The number of hydrogen-bond donors (Lipinski definition) is 2. The molecule has 3 rings (SSSR count). The standard InChI is InChI=1S/C14H14ClN3O2/c15-13-6-5-12(20-13)9-17-10-1-3-11(4-2-10)18-8-7-16-14(18)19/h1-6,17H,7-9H2,(H,16,19). The van der Waals surface area contributed by atoms with Crippen LogP contribution in [-0.2, 0) is 6.54 Å². The van der Waals surface area contributed by atoms with Gasteiger partial charge in [0.1, 0.15) is 5.76 Å². The molecule has 2 N–H and O–H groups in total. The van der Waals surface area contributed by atoms with Gasteiger partial charge in [-0.05, 0) is 48.0 Å². The molecule has 0 radical (unpaired) electrons. The summed E-state index contributed by atoms with van der Waals surface area (Å²) in [7, 11) is 0. The van der Waals surface area contributed by atoms with E-state index in [9.17, 15) is 4.79 Å². The van der Waals surface area contributed by atoms with Crippen molar-refractivity contribution in [1.29, 1.82) is 0 Å². The van der Waals surface area contributed by atoms with Gasteiger partial charge in [-0.25, -0.2) is 4.79 Å². The first-order valence-corrected chi connectivity index (χ1v) is 6.74. The molecular formula is C14H14ClN3O2. The van der Waals surface area contributed by atoms with Gasteiger partial charge in [0.05, 0.1) is 6.54 Å². The Kier molecular flexibility index (Phi) is 3.52. The molecule has 1 saturated heterocycles. The highest BCUT2D eigenvalue weighted by atomic mass is 35.5. The molecule has 2 amide bonds. The number of hydrogen-bond acceptors (Lipinski definition) is 3. The van der Waals surface area contributed by atoms with Crippen LogP contribution >= 0.6 is 11.6 Å². The van der Waals surface area contributed by atoms with Crippen molar-refractivity contribution in [1.82, 2.24) is 5.32 Å². The Bertz CT molecular complexity index is 609. The fourth-order valence-corrected chi connectivity index (χ4v) is 2.28. The van der Waals surface area contributed by atoms with Gasteiger partial charge >= 0.3 is 6.03 Å². The Labute approximate surface area is 121 Å². The second-order valence-corrected chi connectivity index (χ2v) is 4.86. The van der Waals surface area contributed by atoms with E-state index >= 15 is 0 Å². The fourth-order valence-electron chi connectivity index (χ4n) is 2.11. The van der Waals surface area contributed by atoms with E-state index in [-0.39, 0.29) is 6.03 Å². The van der Waals surface area contributed by atoms with Crippen molar-refractivity contribution < 1.29 is 9.21 Å². The lowest BCUT2D eigenvalue weighted by atomic mass is 10.2. The van der Waals surface area contributed by atoms with E-state index in [0.717, 1.165) is 17.1 Å². The van der Waals surface area contributed by atoms with Crippen molar-refractivity contribution in [2.24, 2.45) is 0 Å². The van der Waals surface area contributed by atoms with E-state index in [0.29, 0.717) is 24.9 Å². The molecule has 1 aliphatic heterocycles. The van der Waals surface area contributed by atoms with E-state index < -0.39 is 0 Å². The molecule has 20 heavy (non-hydrogen) atoms. The minimum absolute atomic E-state index is 0.0454. The smallest absolute Gasteiger partial charge is 0.321 e. The van der Waals surface area contributed by atoms with E-state index in [4.69, 9.17) is 16.0 Å². The summed E-state index contributed by atoms with van der Waals surface area (Å²) in [6.07, 6.45) is 0. The molecule has 5 nitrogen and oxygen atoms in total. The maximum atomic E-state index is 11.5.